The normalized spacial score (nSPS) is 18.5. The summed E-state index contributed by atoms with van der Waals surface area (Å²) in [5, 5.41) is 0. The predicted molar refractivity (Wildman–Crippen MR) is 74.3 cm³/mol. The number of hydrogen-bond donors (Lipinski definition) is 0. The van der Waals surface area contributed by atoms with Gasteiger partial charge in [0.15, 0.2) is 0 Å². The van der Waals surface area contributed by atoms with Crippen molar-refractivity contribution in [2.45, 2.75) is 6.42 Å². The minimum atomic E-state index is -0.00730. The molecule has 1 amide bonds. The SMILES string of the molecule is COc1ccc(C(=O)N2CCC(CCl)C2)c(OC)c1. The van der Waals surface area contributed by atoms with Gasteiger partial charge in [0.05, 0.1) is 19.8 Å². The third-order valence-corrected chi connectivity index (χ3v) is 3.87. The highest BCUT2D eigenvalue weighted by molar-refractivity contribution is 6.18. The lowest BCUT2D eigenvalue weighted by Gasteiger charge is -2.18. The Balaban J connectivity index is 2.19. The van der Waals surface area contributed by atoms with Crippen molar-refractivity contribution in [3.8, 4) is 11.5 Å². The smallest absolute Gasteiger partial charge is 0.257 e. The fraction of sp³-hybridized carbons (Fsp3) is 0.500. The number of hydrogen-bond acceptors (Lipinski definition) is 3. The second kappa shape index (κ2) is 6.15. The Bertz CT molecular complexity index is 464. The van der Waals surface area contributed by atoms with Crippen molar-refractivity contribution in [1.82, 2.24) is 4.90 Å². The molecule has 2 rings (SSSR count). The molecule has 1 aromatic rings. The lowest BCUT2D eigenvalue weighted by atomic mass is 10.1. The van der Waals surface area contributed by atoms with Crippen molar-refractivity contribution in [2.24, 2.45) is 5.92 Å². The van der Waals surface area contributed by atoms with Crippen LogP contribution in [0.15, 0.2) is 18.2 Å². The minimum Gasteiger partial charge on any atom is -0.497 e. The number of amides is 1. The van der Waals surface area contributed by atoms with Gasteiger partial charge in [-0.3, -0.25) is 4.79 Å². The molecule has 104 valence electrons. The third-order valence-electron chi connectivity index (χ3n) is 3.43. The number of benzene rings is 1. The number of ether oxygens (including phenoxy) is 2. The highest BCUT2D eigenvalue weighted by Gasteiger charge is 2.28. The van der Waals surface area contributed by atoms with Crippen LogP contribution in [-0.4, -0.2) is 44.0 Å². The highest BCUT2D eigenvalue weighted by Crippen LogP contribution is 2.27. The van der Waals surface area contributed by atoms with E-state index >= 15 is 0 Å². The van der Waals surface area contributed by atoms with Crippen molar-refractivity contribution >= 4 is 17.5 Å². The molecule has 1 saturated heterocycles. The molecule has 0 aliphatic carbocycles. The van der Waals surface area contributed by atoms with E-state index in [0.29, 0.717) is 28.9 Å². The Morgan fingerprint density at radius 2 is 2.21 bits per heavy atom. The zero-order valence-electron chi connectivity index (χ0n) is 11.2. The van der Waals surface area contributed by atoms with Crippen LogP contribution >= 0.6 is 11.6 Å². The molecule has 0 saturated carbocycles. The molecular weight excluding hydrogens is 266 g/mol. The first-order valence-corrected chi connectivity index (χ1v) is 6.80. The average Bonchev–Trinajstić information content (AvgIpc) is 2.94. The van der Waals surface area contributed by atoms with Crippen molar-refractivity contribution in [1.29, 1.82) is 0 Å². The number of carbonyl (C=O) groups excluding carboxylic acids is 1. The molecule has 1 heterocycles. The van der Waals surface area contributed by atoms with Gasteiger partial charge in [0.1, 0.15) is 11.5 Å². The Labute approximate surface area is 118 Å². The first-order valence-electron chi connectivity index (χ1n) is 6.26. The molecule has 19 heavy (non-hydrogen) atoms. The number of nitrogens with zero attached hydrogens (tertiary/aromatic N) is 1. The monoisotopic (exact) mass is 283 g/mol. The van der Waals surface area contributed by atoms with E-state index < -0.39 is 0 Å². The van der Waals surface area contributed by atoms with Crippen LogP contribution in [0.4, 0.5) is 0 Å². The first kappa shape index (κ1) is 14.0. The molecule has 1 unspecified atom stereocenters. The molecule has 4 nitrogen and oxygen atoms in total. The topological polar surface area (TPSA) is 38.8 Å². The molecule has 1 aliphatic rings. The molecule has 1 atom stereocenters. The zero-order chi connectivity index (χ0) is 13.8. The number of halogens is 1. The largest absolute Gasteiger partial charge is 0.497 e. The maximum atomic E-state index is 12.4. The summed E-state index contributed by atoms with van der Waals surface area (Å²) in [5.41, 5.74) is 0.568. The van der Waals surface area contributed by atoms with Crippen LogP contribution in [0.3, 0.4) is 0 Å². The van der Waals surface area contributed by atoms with Crippen LogP contribution in [0.5, 0.6) is 11.5 Å². The number of rotatable bonds is 4. The number of carbonyl (C=O) groups is 1. The number of methoxy groups -OCH3 is 2. The quantitative estimate of drug-likeness (QED) is 0.797. The van der Waals surface area contributed by atoms with Gasteiger partial charge >= 0.3 is 0 Å². The predicted octanol–water partition coefficient (Wildman–Crippen LogP) is 2.40. The van der Waals surface area contributed by atoms with E-state index in [1.807, 2.05) is 4.90 Å². The van der Waals surface area contributed by atoms with Crippen molar-refractivity contribution in [2.75, 3.05) is 33.2 Å². The van der Waals surface area contributed by atoms with E-state index in [1.165, 1.54) is 0 Å². The molecule has 0 radical (unpaired) electrons. The highest BCUT2D eigenvalue weighted by atomic mass is 35.5. The van der Waals surface area contributed by atoms with Crippen LogP contribution in [-0.2, 0) is 0 Å². The van der Waals surface area contributed by atoms with Gasteiger partial charge in [-0.15, -0.1) is 11.6 Å². The molecule has 0 aromatic heterocycles. The summed E-state index contributed by atoms with van der Waals surface area (Å²) in [4.78, 5) is 14.3. The summed E-state index contributed by atoms with van der Waals surface area (Å²) >= 11 is 5.84. The van der Waals surface area contributed by atoms with Crippen molar-refractivity contribution in [3.05, 3.63) is 23.8 Å². The zero-order valence-corrected chi connectivity index (χ0v) is 11.9. The third kappa shape index (κ3) is 2.95. The molecule has 0 bridgehead atoms. The number of alkyl halides is 1. The van der Waals surface area contributed by atoms with Gasteiger partial charge in [0.25, 0.3) is 5.91 Å². The van der Waals surface area contributed by atoms with Crippen LogP contribution < -0.4 is 9.47 Å². The summed E-state index contributed by atoms with van der Waals surface area (Å²) in [7, 11) is 3.14. The van der Waals surface area contributed by atoms with E-state index in [4.69, 9.17) is 21.1 Å². The van der Waals surface area contributed by atoms with Crippen molar-refractivity contribution < 1.29 is 14.3 Å². The Morgan fingerprint density at radius 3 is 2.79 bits per heavy atom. The Kier molecular flexibility index (Phi) is 4.53. The van der Waals surface area contributed by atoms with Crippen molar-refractivity contribution in [3.63, 3.8) is 0 Å². The van der Waals surface area contributed by atoms with Gasteiger partial charge in [-0.05, 0) is 24.5 Å². The van der Waals surface area contributed by atoms with Gasteiger partial charge in [0.2, 0.25) is 0 Å². The molecule has 0 N–H and O–H groups in total. The maximum absolute atomic E-state index is 12.4. The molecule has 1 aliphatic heterocycles. The van der Waals surface area contributed by atoms with Gasteiger partial charge in [-0.2, -0.15) is 0 Å². The lowest BCUT2D eigenvalue weighted by Crippen LogP contribution is -2.29. The maximum Gasteiger partial charge on any atom is 0.257 e. The van der Waals surface area contributed by atoms with E-state index in [-0.39, 0.29) is 5.91 Å². The summed E-state index contributed by atoms with van der Waals surface area (Å²) in [6.45, 7) is 1.48. The van der Waals surface area contributed by atoms with Crippen LogP contribution in [0.25, 0.3) is 0 Å². The first-order chi connectivity index (χ1) is 9.19. The fourth-order valence-electron chi connectivity index (χ4n) is 2.29. The van der Waals surface area contributed by atoms with E-state index in [1.54, 1.807) is 32.4 Å². The van der Waals surface area contributed by atoms with E-state index in [0.717, 1.165) is 19.5 Å². The summed E-state index contributed by atoms with van der Waals surface area (Å²) in [6.07, 6.45) is 0.966. The molecule has 0 spiro atoms. The van der Waals surface area contributed by atoms with Crippen LogP contribution in [0.2, 0.25) is 0 Å². The van der Waals surface area contributed by atoms with Crippen LogP contribution in [0, 0.1) is 5.92 Å². The van der Waals surface area contributed by atoms with Gasteiger partial charge in [-0.1, -0.05) is 0 Å². The Hall–Kier alpha value is -1.42. The van der Waals surface area contributed by atoms with Gasteiger partial charge in [-0.25, -0.2) is 0 Å². The molecule has 5 heteroatoms. The molecule has 1 fully saturated rings. The van der Waals surface area contributed by atoms with Gasteiger partial charge in [0, 0.05) is 25.0 Å². The van der Waals surface area contributed by atoms with E-state index in [2.05, 4.69) is 0 Å². The summed E-state index contributed by atoms with van der Waals surface area (Å²) in [5.74, 6) is 2.21. The van der Waals surface area contributed by atoms with E-state index in [9.17, 15) is 4.79 Å². The summed E-state index contributed by atoms with van der Waals surface area (Å²) < 4.78 is 10.4. The average molecular weight is 284 g/mol. The standard InChI is InChI=1S/C14H18ClNO3/c1-18-11-3-4-12(13(7-11)19-2)14(17)16-6-5-10(8-15)9-16/h3-4,7,10H,5-6,8-9H2,1-2H3. The summed E-state index contributed by atoms with van der Waals surface area (Å²) in [6, 6.07) is 5.24. The second-order valence-electron chi connectivity index (χ2n) is 4.63. The molecule has 1 aromatic carbocycles. The lowest BCUT2D eigenvalue weighted by molar-refractivity contribution is 0.0785. The molecular formula is C14H18ClNO3. The minimum absolute atomic E-state index is 0.00730. The fourth-order valence-corrected chi connectivity index (χ4v) is 2.54. The Morgan fingerprint density at radius 1 is 1.42 bits per heavy atom. The second-order valence-corrected chi connectivity index (χ2v) is 4.93. The van der Waals surface area contributed by atoms with Crippen LogP contribution in [0.1, 0.15) is 16.8 Å². The number of likely N-dealkylation sites (tertiary alicyclic amines) is 1. The van der Waals surface area contributed by atoms with Gasteiger partial charge < -0.3 is 14.4 Å².